The summed E-state index contributed by atoms with van der Waals surface area (Å²) in [6.45, 7) is 17.1. The zero-order valence-corrected chi connectivity index (χ0v) is 21.5. The van der Waals surface area contributed by atoms with Gasteiger partial charge >= 0.3 is 0 Å². The van der Waals surface area contributed by atoms with Crippen LogP contribution in [-0.4, -0.2) is 53.6 Å². The molecule has 0 N–H and O–H groups in total. The lowest BCUT2D eigenvalue weighted by Crippen LogP contribution is -2.45. The molecule has 0 saturated carbocycles. The molecule has 3 aromatic rings. The summed E-state index contributed by atoms with van der Waals surface area (Å²) >= 11 is 0. The van der Waals surface area contributed by atoms with Gasteiger partial charge in [0.25, 0.3) is 0 Å². The lowest BCUT2D eigenvalue weighted by atomic mass is 9.93. The van der Waals surface area contributed by atoms with Crippen LogP contribution in [0.5, 0.6) is 0 Å². The number of hydrogen-bond acceptors (Lipinski definition) is 5. The van der Waals surface area contributed by atoms with Gasteiger partial charge in [-0.25, -0.2) is 4.98 Å². The Balaban J connectivity index is 1.92. The lowest BCUT2D eigenvalue weighted by molar-refractivity contribution is 0.0804. The Kier molecular flexibility index (Phi) is 6.78. The molecule has 1 unspecified atom stereocenters. The molecule has 0 fully saturated rings. The number of benzene rings is 1. The normalized spacial score (nSPS) is 16.2. The van der Waals surface area contributed by atoms with Crippen LogP contribution in [0, 0.1) is 34.6 Å². The predicted octanol–water partition coefficient (Wildman–Crippen LogP) is 5.13. The summed E-state index contributed by atoms with van der Waals surface area (Å²) in [7, 11) is 1.78. The van der Waals surface area contributed by atoms with E-state index in [0.717, 1.165) is 47.8 Å². The summed E-state index contributed by atoms with van der Waals surface area (Å²) in [5.41, 5.74) is 10.5. The van der Waals surface area contributed by atoms with Gasteiger partial charge in [-0.1, -0.05) is 17.7 Å². The van der Waals surface area contributed by atoms with Gasteiger partial charge in [0.15, 0.2) is 5.65 Å². The Morgan fingerprint density at radius 3 is 2.36 bits per heavy atom. The van der Waals surface area contributed by atoms with Crippen molar-refractivity contribution in [2.45, 2.75) is 73.5 Å². The maximum atomic E-state index is 5.94. The van der Waals surface area contributed by atoms with Gasteiger partial charge in [0.05, 0.1) is 36.6 Å². The summed E-state index contributed by atoms with van der Waals surface area (Å²) in [4.78, 5) is 7.56. The van der Waals surface area contributed by atoms with Gasteiger partial charge in [-0.15, -0.1) is 0 Å². The summed E-state index contributed by atoms with van der Waals surface area (Å²) in [6.07, 6.45) is 2.23. The van der Waals surface area contributed by atoms with Crippen LogP contribution in [0.2, 0.25) is 0 Å². The van der Waals surface area contributed by atoms with Crippen molar-refractivity contribution in [1.82, 2.24) is 14.6 Å². The van der Waals surface area contributed by atoms with Crippen LogP contribution in [-0.2, 0) is 15.9 Å². The zero-order chi connectivity index (χ0) is 23.9. The Bertz CT molecular complexity index is 1140. The van der Waals surface area contributed by atoms with E-state index in [-0.39, 0.29) is 6.10 Å². The van der Waals surface area contributed by atoms with Crippen LogP contribution in [0.15, 0.2) is 12.1 Å². The van der Waals surface area contributed by atoms with E-state index in [4.69, 9.17) is 19.6 Å². The van der Waals surface area contributed by atoms with Gasteiger partial charge in [-0.05, 0) is 78.0 Å². The number of ether oxygens (including phenoxy) is 2. The van der Waals surface area contributed by atoms with E-state index in [9.17, 15) is 0 Å². The molecule has 0 bridgehead atoms. The minimum Gasteiger partial charge on any atom is -0.383 e. The third-order valence-electron chi connectivity index (χ3n) is 6.73. The van der Waals surface area contributed by atoms with E-state index in [2.05, 4.69) is 70.0 Å². The van der Waals surface area contributed by atoms with E-state index in [1.807, 2.05) is 0 Å². The fraction of sp³-hybridized carbons (Fsp3) is 0.556. The van der Waals surface area contributed by atoms with E-state index < -0.39 is 0 Å². The van der Waals surface area contributed by atoms with Crippen LogP contribution in [0.3, 0.4) is 0 Å². The molecule has 178 valence electrons. The Morgan fingerprint density at radius 1 is 1.03 bits per heavy atom. The van der Waals surface area contributed by atoms with Crippen molar-refractivity contribution >= 4 is 11.5 Å². The standard InChI is InChI=1S/C27H38N4O2/c1-16(2)33-12-11-30-22(15-32-8)9-10-23-20(6)28-26-25(21(7)29-31(26)27(23)30)24-18(4)13-17(3)14-19(24)5/h13-14,16,22H,9-12,15H2,1-8H3. The number of anilines is 1. The van der Waals surface area contributed by atoms with Crippen LogP contribution in [0.25, 0.3) is 16.8 Å². The van der Waals surface area contributed by atoms with Crippen molar-refractivity contribution in [3.05, 3.63) is 45.8 Å². The number of fused-ring (bicyclic) bond motifs is 3. The number of aromatic nitrogens is 3. The average molecular weight is 451 g/mol. The van der Waals surface area contributed by atoms with E-state index in [1.165, 1.54) is 27.8 Å². The maximum Gasteiger partial charge on any atom is 0.165 e. The maximum absolute atomic E-state index is 5.94. The van der Waals surface area contributed by atoms with Crippen LogP contribution in [0.1, 0.15) is 53.9 Å². The molecule has 33 heavy (non-hydrogen) atoms. The number of aryl methyl sites for hydroxylation is 5. The molecule has 0 radical (unpaired) electrons. The van der Waals surface area contributed by atoms with Crippen molar-refractivity contribution in [2.75, 3.05) is 31.8 Å². The molecule has 1 aliphatic heterocycles. The quantitative estimate of drug-likeness (QED) is 0.499. The highest BCUT2D eigenvalue weighted by Crippen LogP contribution is 2.38. The monoisotopic (exact) mass is 450 g/mol. The first-order chi connectivity index (χ1) is 15.7. The van der Waals surface area contributed by atoms with E-state index in [1.54, 1.807) is 7.11 Å². The van der Waals surface area contributed by atoms with Gasteiger partial charge in [0.2, 0.25) is 0 Å². The van der Waals surface area contributed by atoms with Gasteiger partial charge in [-0.2, -0.15) is 9.61 Å². The molecule has 2 aromatic heterocycles. The smallest absolute Gasteiger partial charge is 0.165 e. The minimum atomic E-state index is 0.209. The van der Waals surface area contributed by atoms with Crippen LogP contribution in [0.4, 0.5) is 5.82 Å². The highest BCUT2D eigenvalue weighted by molar-refractivity contribution is 5.85. The number of hydrogen-bond donors (Lipinski definition) is 0. The first kappa shape index (κ1) is 23.7. The Hall–Kier alpha value is -2.44. The largest absolute Gasteiger partial charge is 0.383 e. The molecule has 1 aliphatic rings. The zero-order valence-electron chi connectivity index (χ0n) is 21.5. The fourth-order valence-electron chi connectivity index (χ4n) is 5.42. The van der Waals surface area contributed by atoms with Crippen LogP contribution < -0.4 is 4.90 Å². The van der Waals surface area contributed by atoms with E-state index in [0.29, 0.717) is 19.3 Å². The van der Waals surface area contributed by atoms with E-state index >= 15 is 0 Å². The third-order valence-corrected chi connectivity index (χ3v) is 6.73. The first-order valence-electron chi connectivity index (χ1n) is 12.1. The summed E-state index contributed by atoms with van der Waals surface area (Å²) in [5, 5.41) is 5.07. The first-order valence-corrected chi connectivity index (χ1v) is 12.1. The van der Waals surface area contributed by atoms with Gasteiger partial charge in [0.1, 0.15) is 5.82 Å². The average Bonchev–Trinajstić information content (AvgIpc) is 3.04. The Morgan fingerprint density at radius 2 is 1.73 bits per heavy atom. The predicted molar refractivity (Wildman–Crippen MR) is 135 cm³/mol. The number of nitrogens with zero attached hydrogens (tertiary/aromatic N) is 4. The van der Waals surface area contributed by atoms with Crippen molar-refractivity contribution in [1.29, 1.82) is 0 Å². The molecule has 6 heteroatoms. The highest BCUT2D eigenvalue weighted by atomic mass is 16.5. The molecule has 0 amide bonds. The van der Waals surface area contributed by atoms with Crippen molar-refractivity contribution in [3.63, 3.8) is 0 Å². The third kappa shape index (κ3) is 4.38. The summed E-state index contributed by atoms with van der Waals surface area (Å²) in [5.74, 6) is 1.15. The topological polar surface area (TPSA) is 51.9 Å². The minimum absolute atomic E-state index is 0.209. The lowest BCUT2D eigenvalue weighted by Gasteiger charge is -2.39. The second-order valence-corrected chi connectivity index (χ2v) is 9.73. The summed E-state index contributed by atoms with van der Waals surface area (Å²) in [6, 6.07) is 4.79. The van der Waals surface area contributed by atoms with Gasteiger partial charge in [0, 0.05) is 24.9 Å². The number of methoxy groups -OCH3 is 1. The molecule has 6 nitrogen and oxygen atoms in total. The second-order valence-electron chi connectivity index (χ2n) is 9.73. The fourth-order valence-corrected chi connectivity index (χ4v) is 5.42. The van der Waals surface area contributed by atoms with Crippen molar-refractivity contribution in [3.8, 4) is 11.1 Å². The van der Waals surface area contributed by atoms with Gasteiger partial charge in [-0.3, -0.25) is 0 Å². The van der Waals surface area contributed by atoms with Crippen LogP contribution >= 0.6 is 0 Å². The van der Waals surface area contributed by atoms with Crippen molar-refractivity contribution in [2.24, 2.45) is 0 Å². The molecule has 1 aromatic carbocycles. The summed E-state index contributed by atoms with van der Waals surface area (Å²) < 4.78 is 13.6. The number of rotatable bonds is 7. The molecule has 4 rings (SSSR count). The molecular formula is C27H38N4O2. The van der Waals surface area contributed by atoms with Crippen molar-refractivity contribution < 1.29 is 9.47 Å². The van der Waals surface area contributed by atoms with Gasteiger partial charge < -0.3 is 14.4 Å². The molecule has 1 atom stereocenters. The second kappa shape index (κ2) is 9.43. The molecule has 0 spiro atoms. The SMILES string of the molecule is COCC1CCc2c(C)nc3c(-c4c(C)cc(C)cc4C)c(C)nn3c2N1CCOC(C)C. The molecule has 3 heterocycles. The molecule has 0 saturated heterocycles. The Labute approximate surface area is 197 Å². The molecular weight excluding hydrogens is 412 g/mol. The highest BCUT2D eigenvalue weighted by Gasteiger charge is 2.32. The molecule has 0 aliphatic carbocycles.